The number of amides is 2. The maximum absolute atomic E-state index is 12.5. The van der Waals surface area contributed by atoms with E-state index in [0.29, 0.717) is 10.9 Å². The molecule has 2 aromatic heterocycles. The largest absolute Gasteiger partial charge is 0.423 e. The highest BCUT2D eigenvalue weighted by Gasteiger charge is 2.31. The normalized spacial score (nSPS) is 13.1. The van der Waals surface area contributed by atoms with Gasteiger partial charge in [0.15, 0.2) is 0 Å². The number of nitrogens with zero attached hydrogens (tertiary/aromatic N) is 1. The van der Waals surface area contributed by atoms with Gasteiger partial charge >= 0.3 is 5.63 Å². The van der Waals surface area contributed by atoms with Crippen molar-refractivity contribution in [3.8, 4) is 5.69 Å². The molecule has 0 atom stereocenters. The monoisotopic (exact) mass is 367 g/mol. The zero-order valence-corrected chi connectivity index (χ0v) is 14.1. The van der Waals surface area contributed by atoms with E-state index < -0.39 is 23.0 Å². The molecule has 136 valence electrons. The predicted molar refractivity (Wildman–Crippen MR) is 95.0 cm³/mol. The first-order valence-electron chi connectivity index (χ1n) is 7.88. The number of nitrogens with two attached hydrogens (primary N) is 1. The zero-order valence-electron chi connectivity index (χ0n) is 14.1. The van der Waals surface area contributed by atoms with Crippen molar-refractivity contribution in [2.75, 3.05) is 12.8 Å². The molecule has 0 radical (unpaired) electrons. The fraction of sp³-hybridized carbons (Fsp3) is 0.111. The maximum Gasteiger partial charge on any atom is 0.336 e. The van der Waals surface area contributed by atoms with Crippen LogP contribution in [-0.4, -0.2) is 23.5 Å². The molecule has 3 aromatic rings. The molecular formula is C18H13N3O6. The molecule has 27 heavy (non-hydrogen) atoms. The minimum Gasteiger partial charge on any atom is -0.423 e. The lowest BCUT2D eigenvalue weighted by Crippen LogP contribution is -2.24. The van der Waals surface area contributed by atoms with Crippen molar-refractivity contribution in [1.29, 1.82) is 0 Å². The number of aromatic nitrogens is 1. The van der Waals surface area contributed by atoms with E-state index in [2.05, 4.69) is 5.32 Å². The standard InChI is InChI=1S/C18H13N3O6/c1-26-7-8-4-14(23)27-12-5-9(2-3-10(8)12)21-13(22)6-11-15(16(21)19)18(25)20-17(11)24/h2-6H,7,19H2,1H3,(H,20,24,25). The number of pyridine rings is 1. The van der Waals surface area contributed by atoms with Gasteiger partial charge in [0, 0.05) is 30.7 Å². The molecular weight excluding hydrogens is 354 g/mol. The van der Waals surface area contributed by atoms with Gasteiger partial charge in [-0.15, -0.1) is 0 Å². The topological polar surface area (TPSA) is 134 Å². The molecule has 9 heteroatoms. The number of methoxy groups -OCH3 is 1. The van der Waals surface area contributed by atoms with Crippen LogP contribution in [0, 0.1) is 0 Å². The van der Waals surface area contributed by atoms with Crippen LogP contribution in [0.3, 0.4) is 0 Å². The minimum absolute atomic E-state index is 0.0608. The highest BCUT2D eigenvalue weighted by Crippen LogP contribution is 2.25. The average Bonchev–Trinajstić information content (AvgIpc) is 2.88. The van der Waals surface area contributed by atoms with E-state index in [9.17, 15) is 19.2 Å². The van der Waals surface area contributed by atoms with Gasteiger partial charge in [0.05, 0.1) is 23.4 Å². The molecule has 0 spiro atoms. The van der Waals surface area contributed by atoms with Gasteiger partial charge in [0.1, 0.15) is 11.4 Å². The molecule has 0 fully saturated rings. The summed E-state index contributed by atoms with van der Waals surface area (Å²) in [7, 11) is 1.51. The summed E-state index contributed by atoms with van der Waals surface area (Å²) in [5.74, 6) is -1.51. The van der Waals surface area contributed by atoms with Crippen LogP contribution in [0.1, 0.15) is 26.3 Å². The first kappa shape index (κ1) is 16.7. The molecule has 1 aliphatic rings. The Morgan fingerprint density at radius 1 is 1.11 bits per heavy atom. The molecule has 2 amide bonds. The van der Waals surface area contributed by atoms with Gasteiger partial charge in [0.2, 0.25) is 0 Å². The molecule has 0 unspecified atom stereocenters. The Hall–Kier alpha value is -3.72. The minimum atomic E-state index is -0.670. The van der Waals surface area contributed by atoms with E-state index in [4.69, 9.17) is 14.9 Å². The number of hydrogen-bond donors (Lipinski definition) is 2. The summed E-state index contributed by atoms with van der Waals surface area (Å²) in [4.78, 5) is 48.0. The molecule has 0 saturated carbocycles. The lowest BCUT2D eigenvalue weighted by molar-refractivity contribution is 0.0880. The highest BCUT2D eigenvalue weighted by atomic mass is 16.5. The van der Waals surface area contributed by atoms with Gasteiger partial charge < -0.3 is 14.9 Å². The van der Waals surface area contributed by atoms with Gasteiger partial charge in [-0.25, -0.2) is 4.79 Å². The fourth-order valence-electron chi connectivity index (χ4n) is 3.18. The SMILES string of the molecule is COCc1cc(=O)oc2cc(-n3c(N)c4c(cc3=O)C(=O)NC4=O)ccc12. The number of hydrogen-bond acceptors (Lipinski definition) is 7. The zero-order chi connectivity index (χ0) is 19.3. The van der Waals surface area contributed by atoms with Crippen molar-refractivity contribution in [2.24, 2.45) is 0 Å². The third-order valence-electron chi connectivity index (χ3n) is 4.33. The van der Waals surface area contributed by atoms with E-state index in [-0.39, 0.29) is 34.8 Å². The number of anilines is 1. The number of imide groups is 1. The fourth-order valence-corrected chi connectivity index (χ4v) is 3.18. The van der Waals surface area contributed by atoms with Gasteiger partial charge in [-0.2, -0.15) is 0 Å². The number of fused-ring (bicyclic) bond motifs is 2. The number of nitrogen functional groups attached to an aromatic ring is 1. The molecule has 0 bridgehead atoms. The van der Waals surface area contributed by atoms with Crippen LogP contribution >= 0.6 is 0 Å². The lowest BCUT2D eigenvalue weighted by atomic mass is 10.1. The van der Waals surface area contributed by atoms with Crippen molar-refractivity contribution in [3.05, 3.63) is 67.8 Å². The number of nitrogens with one attached hydrogen (secondary N) is 1. The van der Waals surface area contributed by atoms with Crippen LogP contribution in [0.2, 0.25) is 0 Å². The second-order valence-electron chi connectivity index (χ2n) is 5.98. The lowest BCUT2D eigenvalue weighted by Gasteiger charge is -2.13. The van der Waals surface area contributed by atoms with Crippen molar-refractivity contribution in [2.45, 2.75) is 6.61 Å². The first-order valence-corrected chi connectivity index (χ1v) is 7.88. The van der Waals surface area contributed by atoms with Crippen LogP contribution in [0.15, 0.2) is 44.3 Å². The van der Waals surface area contributed by atoms with E-state index >= 15 is 0 Å². The van der Waals surface area contributed by atoms with Crippen molar-refractivity contribution < 1.29 is 18.7 Å². The third kappa shape index (κ3) is 2.52. The van der Waals surface area contributed by atoms with Gasteiger partial charge in [-0.1, -0.05) is 0 Å². The van der Waals surface area contributed by atoms with Gasteiger partial charge in [-0.05, 0) is 17.7 Å². The number of rotatable bonds is 3. The molecule has 9 nitrogen and oxygen atoms in total. The van der Waals surface area contributed by atoms with Gasteiger partial charge in [-0.3, -0.25) is 24.3 Å². The second kappa shape index (κ2) is 5.92. The quantitative estimate of drug-likeness (QED) is 0.510. The van der Waals surface area contributed by atoms with Gasteiger partial charge in [0.25, 0.3) is 17.4 Å². The van der Waals surface area contributed by atoms with E-state index in [1.54, 1.807) is 12.1 Å². The highest BCUT2D eigenvalue weighted by molar-refractivity contribution is 6.23. The van der Waals surface area contributed by atoms with Crippen molar-refractivity contribution >= 4 is 28.6 Å². The predicted octanol–water partition coefficient (Wildman–Crippen LogP) is 0.556. The Morgan fingerprint density at radius 3 is 2.63 bits per heavy atom. The van der Waals surface area contributed by atoms with Crippen LogP contribution in [-0.2, 0) is 11.3 Å². The molecule has 4 rings (SSSR count). The summed E-state index contributed by atoms with van der Waals surface area (Å²) in [6, 6.07) is 7.10. The Kier molecular flexibility index (Phi) is 3.67. The summed E-state index contributed by atoms with van der Waals surface area (Å²) in [6.45, 7) is 0.213. The van der Waals surface area contributed by atoms with Crippen LogP contribution in [0.4, 0.5) is 5.82 Å². The smallest absolute Gasteiger partial charge is 0.336 e. The van der Waals surface area contributed by atoms with Crippen molar-refractivity contribution in [1.82, 2.24) is 9.88 Å². The Labute approximate surface area is 151 Å². The molecule has 3 N–H and O–H groups in total. The molecule has 0 aliphatic carbocycles. The second-order valence-corrected chi connectivity index (χ2v) is 5.98. The molecule has 1 aromatic carbocycles. The first-order chi connectivity index (χ1) is 12.9. The Morgan fingerprint density at radius 2 is 1.89 bits per heavy atom. The number of ether oxygens (including phenoxy) is 1. The van der Waals surface area contributed by atoms with E-state index in [1.807, 2.05) is 0 Å². The molecule has 0 saturated heterocycles. The van der Waals surface area contributed by atoms with Crippen molar-refractivity contribution in [3.63, 3.8) is 0 Å². The average molecular weight is 367 g/mol. The summed E-state index contributed by atoms with van der Waals surface area (Å²) in [6.07, 6.45) is 0. The van der Waals surface area contributed by atoms with Crippen LogP contribution < -0.4 is 22.2 Å². The van der Waals surface area contributed by atoms with E-state index in [0.717, 1.165) is 10.6 Å². The van der Waals surface area contributed by atoms with Crippen LogP contribution in [0.5, 0.6) is 0 Å². The summed E-state index contributed by atoms with van der Waals surface area (Å²) in [5.41, 5.74) is 5.89. The number of carbonyl (C=O) groups excluding carboxylic acids is 2. The maximum atomic E-state index is 12.5. The Bertz CT molecular complexity index is 1250. The Balaban J connectivity index is 1.98. The number of benzene rings is 1. The summed E-state index contributed by atoms with van der Waals surface area (Å²) in [5, 5.41) is 2.74. The van der Waals surface area contributed by atoms with E-state index in [1.165, 1.54) is 19.2 Å². The summed E-state index contributed by atoms with van der Waals surface area (Å²) < 4.78 is 11.4. The third-order valence-corrected chi connectivity index (χ3v) is 4.33. The molecule has 3 heterocycles. The molecule has 1 aliphatic heterocycles. The van der Waals surface area contributed by atoms with Crippen LogP contribution in [0.25, 0.3) is 16.7 Å². The summed E-state index contributed by atoms with van der Waals surface area (Å²) >= 11 is 0. The number of carbonyl (C=O) groups is 2.